The molecule has 0 aliphatic heterocycles. The highest BCUT2D eigenvalue weighted by Gasteiger charge is 2.16. The summed E-state index contributed by atoms with van der Waals surface area (Å²) >= 11 is 1.33. The van der Waals surface area contributed by atoms with Crippen molar-refractivity contribution in [3.63, 3.8) is 0 Å². The van der Waals surface area contributed by atoms with E-state index in [4.69, 9.17) is 9.47 Å². The van der Waals surface area contributed by atoms with Crippen molar-refractivity contribution in [3.05, 3.63) is 10.6 Å². The Morgan fingerprint density at radius 1 is 1.40 bits per heavy atom. The van der Waals surface area contributed by atoms with Gasteiger partial charge in [0.1, 0.15) is 4.88 Å². The van der Waals surface area contributed by atoms with Gasteiger partial charge in [0.25, 0.3) is 0 Å². The first-order valence-electron chi connectivity index (χ1n) is 7.12. The maximum absolute atomic E-state index is 11.5. The largest absolute Gasteiger partial charge is 0.465 e. The van der Waals surface area contributed by atoms with E-state index in [9.17, 15) is 4.79 Å². The molecule has 1 N–H and O–H groups in total. The maximum atomic E-state index is 11.5. The van der Waals surface area contributed by atoms with Crippen molar-refractivity contribution in [3.8, 4) is 0 Å². The summed E-state index contributed by atoms with van der Waals surface area (Å²) in [5, 5.41) is 3.94. The molecule has 1 aliphatic rings. The predicted molar refractivity (Wildman–Crippen MR) is 79.5 cm³/mol. The van der Waals surface area contributed by atoms with Gasteiger partial charge in [-0.3, -0.25) is 0 Å². The summed E-state index contributed by atoms with van der Waals surface area (Å²) in [6.07, 6.45) is 6.70. The van der Waals surface area contributed by atoms with E-state index >= 15 is 0 Å². The van der Waals surface area contributed by atoms with Gasteiger partial charge in [-0.05, 0) is 19.8 Å². The lowest BCUT2D eigenvalue weighted by Gasteiger charge is -2.21. The van der Waals surface area contributed by atoms with Crippen LogP contribution in [0.1, 0.15) is 47.5 Å². The standard InChI is InChI=1S/C14H22N2O3S/c1-10-12(13(17)18-2)20-14(16-10)15-8-9-19-11-6-4-3-5-7-11/h11H,3-9H2,1-2H3,(H,15,16). The number of aryl methyl sites for hydroxylation is 1. The third kappa shape index (κ3) is 4.18. The molecule has 0 aromatic carbocycles. The summed E-state index contributed by atoms with van der Waals surface area (Å²) in [4.78, 5) is 16.4. The molecule has 0 amide bonds. The Kier molecular flexibility index (Phi) is 5.79. The molecule has 2 rings (SSSR count). The number of rotatable bonds is 6. The number of methoxy groups -OCH3 is 1. The number of hydrogen-bond donors (Lipinski definition) is 1. The van der Waals surface area contributed by atoms with Gasteiger partial charge in [0.05, 0.1) is 25.5 Å². The number of esters is 1. The van der Waals surface area contributed by atoms with Gasteiger partial charge in [0.2, 0.25) is 0 Å². The summed E-state index contributed by atoms with van der Waals surface area (Å²) < 4.78 is 10.5. The highest BCUT2D eigenvalue weighted by molar-refractivity contribution is 7.17. The van der Waals surface area contributed by atoms with Crippen LogP contribution in [0.4, 0.5) is 5.13 Å². The van der Waals surface area contributed by atoms with Gasteiger partial charge in [-0.1, -0.05) is 30.6 Å². The van der Waals surface area contributed by atoms with Crippen LogP contribution >= 0.6 is 11.3 Å². The molecule has 0 spiro atoms. The second-order valence-electron chi connectivity index (χ2n) is 4.98. The molecular weight excluding hydrogens is 276 g/mol. The van der Waals surface area contributed by atoms with Crippen LogP contribution < -0.4 is 5.32 Å². The van der Waals surface area contributed by atoms with E-state index in [0.29, 0.717) is 29.8 Å². The Morgan fingerprint density at radius 2 is 2.15 bits per heavy atom. The second kappa shape index (κ2) is 7.59. The molecule has 0 atom stereocenters. The second-order valence-corrected chi connectivity index (χ2v) is 5.98. The molecule has 20 heavy (non-hydrogen) atoms. The van der Waals surface area contributed by atoms with Crippen LogP contribution in [-0.2, 0) is 9.47 Å². The molecular formula is C14H22N2O3S. The van der Waals surface area contributed by atoms with Crippen LogP contribution in [0.5, 0.6) is 0 Å². The number of thiazole rings is 1. The fraction of sp³-hybridized carbons (Fsp3) is 0.714. The van der Waals surface area contributed by atoms with E-state index in [0.717, 1.165) is 5.13 Å². The van der Waals surface area contributed by atoms with Gasteiger partial charge in [-0.25, -0.2) is 9.78 Å². The normalized spacial score (nSPS) is 16.1. The average molecular weight is 298 g/mol. The van der Waals surface area contributed by atoms with E-state index in [1.807, 2.05) is 6.92 Å². The zero-order valence-corrected chi connectivity index (χ0v) is 12.9. The number of nitrogens with zero attached hydrogens (tertiary/aromatic N) is 1. The molecule has 5 nitrogen and oxygen atoms in total. The first-order valence-corrected chi connectivity index (χ1v) is 7.93. The molecule has 0 unspecified atom stereocenters. The SMILES string of the molecule is COC(=O)c1sc(NCCOC2CCCCC2)nc1C. The number of carbonyl (C=O) groups is 1. The molecule has 0 bridgehead atoms. The zero-order valence-electron chi connectivity index (χ0n) is 12.1. The lowest BCUT2D eigenvalue weighted by Crippen LogP contribution is -2.20. The van der Waals surface area contributed by atoms with Crippen molar-refractivity contribution in [2.45, 2.75) is 45.1 Å². The summed E-state index contributed by atoms with van der Waals surface area (Å²) in [7, 11) is 1.38. The number of anilines is 1. The Hall–Kier alpha value is -1.14. The zero-order chi connectivity index (χ0) is 14.4. The molecule has 112 valence electrons. The van der Waals surface area contributed by atoms with E-state index < -0.39 is 0 Å². The van der Waals surface area contributed by atoms with Crippen molar-refractivity contribution in [2.24, 2.45) is 0 Å². The molecule has 1 saturated carbocycles. The fourth-order valence-corrected chi connectivity index (χ4v) is 3.28. The highest BCUT2D eigenvalue weighted by atomic mass is 32.1. The predicted octanol–water partition coefficient (Wildman–Crippen LogP) is 3.00. The van der Waals surface area contributed by atoms with Gasteiger partial charge in [-0.15, -0.1) is 0 Å². The van der Waals surface area contributed by atoms with Gasteiger partial charge >= 0.3 is 5.97 Å². The Labute approximate surface area is 123 Å². The van der Waals surface area contributed by atoms with Crippen molar-refractivity contribution in [1.82, 2.24) is 4.98 Å². The minimum absolute atomic E-state index is 0.327. The summed E-state index contributed by atoms with van der Waals surface area (Å²) in [6, 6.07) is 0. The van der Waals surface area contributed by atoms with Crippen LogP contribution in [0.2, 0.25) is 0 Å². The summed E-state index contributed by atoms with van der Waals surface area (Å²) in [5.74, 6) is -0.327. The van der Waals surface area contributed by atoms with Gasteiger partial charge in [-0.2, -0.15) is 0 Å². The molecule has 0 saturated heterocycles. The quantitative estimate of drug-likeness (QED) is 0.646. The van der Waals surface area contributed by atoms with Crippen LogP contribution in [0, 0.1) is 6.92 Å². The van der Waals surface area contributed by atoms with Gasteiger partial charge in [0, 0.05) is 6.54 Å². The lowest BCUT2D eigenvalue weighted by molar-refractivity contribution is 0.0347. The van der Waals surface area contributed by atoms with E-state index in [2.05, 4.69) is 10.3 Å². The van der Waals surface area contributed by atoms with Crippen LogP contribution in [0.15, 0.2) is 0 Å². The maximum Gasteiger partial charge on any atom is 0.350 e. The van der Waals surface area contributed by atoms with Crippen molar-refractivity contribution in [1.29, 1.82) is 0 Å². The molecule has 6 heteroatoms. The van der Waals surface area contributed by atoms with Gasteiger partial charge < -0.3 is 14.8 Å². The van der Waals surface area contributed by atoms with Crippen LogP contribution in [0.25, 0.3) is 0 Å². The number of hydrogen-bond acceptors (Lipinski definition) is 6. The lowest BCUT2D eigenvalue weighted by atomic mass is 9.98. The molecule has 1 aromatic rings. The van der Waals surface area contributed by atoms with Crippen molar-refractivity contribution >= 4 is 22.4 Å². The first-order chi connectivity index (χ1) is 9.70. The molecule has 1 heterocycles. The molecule has 0 radical (unpaired) electrons. The number of ether oxygens (including phenoxy) is 2. The fourth-order valence-electron chi connectivity index (χ4n) is 2.37. The highest BCUT2D eigenvalue weighted by Crippen LogP contribution is 2.23. The monoisotopic (exact) mass is 298 g/mol. The average Bonchev–Trinajstić information content (AvgIpc) is 2.85. The molecule has 1 fully saturated rings. The Morgan fingerprint density at radius 3 is 2.85 bits per heavy atom. The summed E-state index contributed by atoms with van der Waals surface area (Å²) in [6.45, 7) is 3.20. The minimum atomic E-state index is -0.327. The molecule has 1 aromatic heterocycles. The smallest absolute Gasteiger partial charge is 0.350 e. The van der Waals surface area contributed by atoms with E-state index in [1.54, 1.807) is 0 Å². The topological polar surface area (TPSA) is 60.5 Å². The van der Waals surface area contributed by atoms with Crippen LogP contribution in [0.3, 0.4) is 0 Å². The van der Waals surface area contributed by atoms with Crippen molar-refractivity contribution in [2.75, 3.05) is 25.6 Å². The van der Waals surface area contributed by atoms with E-state index in [1.165, 1.54) is 50.6 Å². The van der Waals surface area contributed by atoms with E-state index in [-0.39, 0.29) is 5.97 Å². The van der Waals surface area contributed by atoms with Crippen molar-refractivity contribution < 1.29 is 14.3 Å². The Balaban J connectivity index is 1.72. The molecule has 1 aliphatic carbocycles. The summed E-state index contributed by atoms with van der Waals surface area (Å²) in [5.41, 5.74) is 0.706. The first kappa shape index (κ1) is 15.3. The number of aromatic nitrogens is 1. The third-order valence-electron chi connectivity index (χ3n) is 3.45. The Bertz CT molecular complexity index is 442. The minimum Gasteiger partial charge on any atom is -0.465 e. The number of nitrogens with one attached hydrogen (secondary N) is 1. The number of carbonyl (C=O) groups excluding carboxylic acids is 1. The van der Waals surface area contributed by atoms with Crippen LogP contribution in [-0.4, -0.2) is 37.3 Å². The third-order valence-corrected chi connectivity index (χ3v) is 4.55. The van der Waals surface area contributed by atoms with Gasteiger partial charge in [0.15, 0.2) is 5.13 Å².